The Morgan fingerprint density at radius 3 is 1.78 bits per heavy atom. The molecule has 106 valence electrons. The van der Waals surface area contributed by atoms with Crippen molar-refractivity contribution in [1.82, 2.24) is 4.90 Å². The van der Waals surface area contributed by atoms with Crippen molar-refractivity contribution in [3.63, 3.8) is 0 Å². The maximum Gasteiger partial charge on any atom is 0.411 e. The molecule has 0 spiro atoms. The number of aliphatic hydroxyl groups is 4. The van der Waals surface area contributed by atoms with E-state index in [9.17, 15) is 25.2 Å². The van der Waals surface area contributed by atoms with Crippen LogP contribution in [0.3, 0.4) is 0 Å². The number of amides is 1. The number of carbonyl (C=O) groups is 1. The number of ether oxygens (including phenoxy) is 1. The molecule has 1 saturated heterocycles. The van der Waals surface area contributed by atoms with Crippen LogP contribution in [0.4, 0.5) is 4.79 Å². The lowest BCUT2D eigenvalue weighted by molar-refractivity contribution is -0.00548. The number of carbonyl (C=O) groups excluding carboxylic acids is 1. The van der Waals surface area contributed by atoms with Crippen molar-refractivity contribution in [3.05, 3.63) is 0 Å². The highest BCUT2D eigenvalue weighted by molar-refractivity contribution is 5.70. The number of hydrogen-bond donors (Lipinski definition) is 4. The van der Waals surface area contributed by atoms with Gasteiger partial charge in [-0.15, -0.1) is 0 Å². The van der Waals surface area contributed by atoms with E-state index in [-0.39, 0.29) is 0 Å². The number of hydrogen-bond acceptors (Lipinski definition) is 6. The van der Waals surface area contributed by atoms with Crippen LogP contribution >= 0.6 is 0 Å². The first-order valence-corrected chi connectivity index (χ1v) is 5.82. The zero-order valence-electron chi connectivity index (χ0n) is 10.8. The Morgan fingerprint density at radius 1 is 1.11 bits per heavy atom. The van der Waals surface area contributed by atoms with Gasteiger partial charge in [-0.05, 0) is 20.8 Å². The Morgan fingerprint density at radius 2 is 1.50 bits per heavy atom. The average Bonchev–Trinajstić information content (AvgIpc) is 2.49. The molecule has 0 saturated carbocycles. The van der Waals surface area contributed by atoms with Gasteiger partial charge >= 0.3 is 6.09 Å². The van der Waals surface area contributed by atoms with Crippen LogP contribution < -0.4 is 0 Å². The maximum atomic E-state index is 11.9. The molecule has 0 aromatic heterocycles. The molecule has 1 amide bonds. The van der Waals surface area contributed by atoms with Crippen LogP contribution in [0.15, 0.2) is 0 Å². The van der Waals surface area contributed by atoms with Crippen molar-refractivity contribution in [2.45, 2.75) is 50.7 Å². The van der Waals surface area contributed by atoms with Gasteiger partial charge in [-0.2, -0.15) is 0 Å². The smallest absolute Gasteiger partial charge is 0.411 e. The Kier molecular flexibility index (Phi) is 4.55. The van der Waals surface area contributed by atoms with Gasteiger partial charge in [0.15, 0.2) is 0 Å². The summed E-state index contributed by atoms with van der Waals surface area (Å²) in [5.74, 6) is 0. The van der Waals surface area contributed by atoms with Crippen LogP contribution in [0.25, 0.3) is 0 Å². The number of nitrogens with zero attached hydrogens (tertiary/aromatic N) is 1. The van der Waals surface area contributed by atoms with E-state index >= 15 is 0 Å². The molecular formula is C11H21NO6. The molecular weight excluding hydrogens is 242 g/mol. The summed E-state index contributed by atoms with van der Waals surface area (Å²) in [6, 6.07) is -1.96. The van der Waals surface area contributed by atoms with E-state index in [1.54, 1.807) is 20.8 Å². The first kappa shape index (κ1) is 15.2. The van der Waals surface area contributed by atoms with Crippen LogP contribution in [-0.4, -0.2) is 74.5 Å². The molecule has 7 heteroatoms. The molecule has 0 bridgehead atoms. The van der Waals surface area contributed by atoms with Crippen molar-refractivity contribution >= 4 is 6.09 Å². The van der Waals surface area contributed by atoms with Crippen LogP contribution in [0, 0.1) is 0 Å². The summed E-state index contributed by atoms with van der Waals surface area (Å²) in [6.07, 6.45) is -3.39. The minimum atomic E-state index is -1.31. The molecule has 0 aromatic rings. The predicted molar refractivity (Wildman–Crippen MR) is 61.8 cm³/mol. The third-order valence-electron chi connectivity index (χ3n) is 2.83. The molecule has 0 unspecified atom stereocenters. The zero-order chi connectivity index (χ0) is 14.1. The maximum absolute atomic E-state index is 11.9. The molecule has 1 rings (SSSR count). The fourth-order valence-corrected chi connectivity index (χ4v) is 2.01. The van der Waals surface area contributed by atoms with Crippen molar-refractivity contribution < 1.29 is 30.0 Å². The zero-order valence-corrected chi connectivity index (χ0v) is 10.8. The fourth-order valence-electron chi connectivity index (χ4n) is 2.01. The van der Waals surface area contributed by atoms with E-state index in [0.717, 1.165) is 4.90 Å². The van der Waals surface area contributed by atoms with Gasteiger partial charge in [-0.25, -0.2) is 4.79 Å². The molecule has 1 aliphatic rings. The third-order valence-corrected chi connectivity index (χ3v) is 2.83. The van der Waals surface area contributed by atoms with Gasteiger partial charge in [-0.1, -0.05) is 0 Å². The summed E-state index contributed by atoms with van der Waals surface area (Å²) in [5.41, 5.74) is -0.740. The Balaban J connectivity index is 2.91. The highest BCUT2D eigenvalue weighted by Crippen LogP contribution is 2.27. The minimum Gasteiger partial charge on any atom is -0.444 e. The van der Waals surface area contributed by atoms with Crippen LogP contribution in [0.2, 0.25) is 0 Å². The molecule has 18 heavy (non-hydrogen) atoms. The average molecular weight is 263 g/mol. The molecule has 4 atom stereocenters. The van der Waals surface area contributed by atoms with Gasteiger partial charge in [0.25, 0.3) is 0 Å². The second-order valence-corrected chi connectivity index (χ2v) is 5.37. The molecule has 0 aromatic carbocycles. The number of likely N-dealkylation sites (tertiary alicyclic amines) is 1. The first-order valence-electron chi connectivity index (χ1n) is 5.82. The Labute approximate surface area is 106 Å². The molecule has 4 N–H and O–H groups in total. The molecule has 1 heterocycles. The van der Waals surface area contributed by atoms with E-state index in [1.807, 2.05) is 0 Å². The SMILES string of the molecule is CC(C)(C)OC(=O)N1[C@H](CO)[C@@H](O)[C@@H](O)[C@@H]1CO. The van der Waals surface area contributed by atoms with Gasteiger partial charge in [0.05, 0.1) is 25.3 Å². The highest BCUT2D eigenvalue weighted by Gasteiger charge is 2.50. The van der Waals surface area contributed by atoms with E-state index in [2.05, 4.69) is 0 Å². The van der Waals surface area contributed by atoms with E-state index < -0.39 is 49.2 Å². The third kappa shape index (κ3) is 2.92. The number of rotatable bonds is 2. The molecule has 1 aliphatic heterocycles. The van der Waals surface area contributed by atoms with Crippen LogP contribution in [0.1, 0.15) is 20.8 Å². The van der Waals surface area contributed by atoms with Gasteiger partial charge in [0, 0.05) is 0 Å². The largest absolute Gasteiger partial charge is 0.444 e. The van der Waals surface area contributed by atoms with E-state index in [4.69, 9.17) is 4.74 Å². The summed E-state index contributed by atoms with van der Waals surface area (Å²) in [7, 11) is 0. The summed E-state index contributed by atoms with van der Waals surface area (Å²) >= 11 is 0. The lowest BCUT2D eigenvalue weighted by Gasteiger charge is -2.31. The summed E-state index contributed by atoms with van der Waals surface area (Å²) in [4.78, 5) is 13.0. The fraction of sp³-hybridized carbons (Fsp3) is 0.909. The van der Waals surface area contributed by atoms with Gasteiger partial charge in [-0.3, -0.25) is 4.90 Å². The van der Waals surface area contributed by atoms with Gasteiger partial charge < -0.3 is 25.2 Å². The number of aliphatic hydroxyl groups excluding tert-OH is 4. The standard InChI is InChI=1S/C11H21NO6/c1-11(2,3)18-10(17)12-6(4-13)8(15)9(16)7(12)5-14/h6-9,13-16H,4-5H2,1-3H3/t6-,7+,8-,9+. The lowest BCUT2D eigenvalue weighted by atomic mass is 10.1. The van der Waals surface area contributed by atoms with Crippen molar-refractivity contribution in [1.29, 1.82) is 0 Å². The van der Waals surface area contributed by atoms with Crippen LogP contribution in [0.5, 0.6) is 0 Å². The van der Waals surface area contributed by atoms with Crippen molar-refractivity contribution in [3.8, 4) is 0 Å². The molecule has 0 aliphatic carbocycles. The second-order valence-electron chi connectivity index (χ2n) is 5.37. The van der Waals surface area contributed by atoms with Crippen LogP contribution in [-0.2, 0) is 4.74 Å². The highest BCUT2D eigenvalue weighted by atomic mass is 16.6. The summed E-state index contributed by atoms with van der Waals surface area (Å²) < 4.78 is 5.12. The van der Waals surface area contributed by atoms with Crippen molar-refractivity contribution in [2.75, 3.05) is 13.2 Å². The molecule has 7 nitrogen and oxygen atoms in total. The summed E-state index contributed by atoms with van der Waals surface area (Å²) in [5, 5.41) is 37.8. The molecule has 1 fully saturated rings. The monoisotopic (exact) mass is 263 g/mol. The predicted octanol–water partition coefficient (Wildman–Crippen LogP) is -1.32. The van der Waals surface area contributed by atoms with Gasteiger partial charge in [0.2, 0.25) is 0 Å². The Bertz CT molecular complexity index is 286. The quantitative estimate of drug-likeness (QED) is 0.492. The lowest BCUT2D eigenvalue weighted by Crippen LogP contribution is -2.49. The first-order chi connectivity index (χ1) is 8.22. The topological polar surface area (TPSA) is 110 Å². The second kappa shape index (κ2) is 5.40. The molecule has 0 radical (unpaired) electrons. The van der Waals surface area contributed by atoms with Gasteiger partial charge in [0.1, 0.15) is 17.8 Å². The normalized spacial score (nSPS) is 32.7. The summed E-state index contributed by atoms with van der Waals surface area (Å²) in [6.45, 7) is 3.99. The van der Waals surface area contributed by atoms with E-state index in [1.165, 1.54) is 0 Å². The van der Waals surface area contributed by atoms with Crippen molar-refractivity contribution in [2.24, 2.45) is 0 Å². The minimum absolute atomic E-state index is 0.520. The van der Waals surface area contributed by atoms with E-state index in [0.29, 0.717) is 0 Å². The Hall–Kier alpha value is -0.890.